The van der Waals surface area contributed by atoms with Gasteiger partial charge in [0.05, 0.1) is 23.4 Å². The number of fused-ring (bicyclic) bond motifs is 1. The summed E-state index contributed by atoms with van der Waals surface area (Å²) in [5, 5.41) is 10.4. The average Bonchev–Trinajstić information content (AvgIpc) is 2.95. The number of carbonyl (C=O) groups is 1. The van der Waals surface area contributed by atoms with Crippen molar-refractivity contribution in [2.75, 3.05) is 12.0 Å². The zero-order valence-electron chi connectivity index (χ0n) is 14.2. The molecule has 0 atom stereocenters. The number of aromatic nitrogens is 1. The lowest BCUT2D eigenvalue weighted by molar-refractivity contribution is -0.113. The molecule has 1 aliphatic rings. The molecule has 0 unspecified atom stereocenters. The van der Waals surface area contributed by atoms with Gasteiger partial charge in [0.1, 0.15) is 17.0 Å². The molecule has 1 aliphatic heterocycles. The Morgan fingerprint density at radius 1 is 1.15 bits per heavy atom. The van der Waals surface area contributed by atoms with E-state index in [-0.39, 0.29) is 11.7 Å². The van der Waals surface area contributed by atoms with Crippen molar-refractivity contribution in [1.82, 2.24) is 4.98 Å². The highest BCUT2D eigenvalue weighted by Crippen LogP contribution is 2.36. The second kappa shape index (κ2) is 7.02. The first kappa shape index (κ1) is 17.5. The van der Waals surface area contributed by atoms with Crippen molar-refractivity contribution in [2.24, 2.45) is 0 Å². The van der Waals surface area contributed by atoms with E-state index >= 15 is 0 Å². The molecule has 2 heterocycles. The number of phenols is 1. The maximum Gasteiger partial charge on any atom is 0.270 e. The van der Waals surface area contributed by atoms with Gasteiger partial charge in [-0.25, -0.2) is 4.98 Å². The van der Waals surface area contributed by atoms with E-state index in [0.717, 1.165) is 10.9 Å². The Hall–Kier alpha value is -2.90. The summed E-state index contributed by atoms with van der Waals surface area (Å²) in [7, 11) is 1.60. The molecule has 1 saturated heterocycles. The number of thiocarbonyl (C=S) groups is 1. The van der Waals surface area contributed by atoms with E-state index in [1.165, 1.54) is 28.8 Å². The van der Waals surface area contributed by atoms with Gasteiger partial charge in [0, 0.05) is 5.39 Å². The van der Waals surface area contributed by atoms with Crippen LogP contribution >= 0.6 is 24.0 Å². The topological polar surface area (TPSA) is 62.7 Å². The summed E-state index contributed by atoms with van der Waals surface area (Å²) in [5.74, 6) is 0.603. The maximum absolute atomic E-state index is 12.8. The van der Waals surface area contributed by atoms with Crippen molar-refractivity contribution in [1.29, 1.82) is 0 Å². The van der Waals surface area contributed by atoms with Gasteiger partial charge in [0.2, 0.25) is 0 Å². The van der Waals surface area contributed by atoms with Gasteiger partial charge >= 0.3 is 0 Å². The van der Waals surface area contributed by atoms with E-state index < -0.39 is 0 Å². The van der Waals surface area contributed by atoms with Crippen LogP contribution in [0.4, 0.5) is 5.69 Å². The van der Waals surface area contributed by atoms with Crippen LogP contribution in [0.5, 0.6) is 11.5 Å². The van der Waals surface area contributed by atoms with Crippen LogP contribution in [0, 0.1) is 0 Å². The van der Waals surface area contributed by atoms with E-state index in [0.29, 0.717) is 26.4 Å². The number of benzene rings is 2. The van der Waals surface area contributed by atoms with Gasteiger partial charge in [-0.2, -0.15) is 0 Å². The summed E-state index contributed by atoms with van der Waals surface area (Å²) < 4.78 is 5.81. The summed E-state index contributed by atoms with van der Waals surface area (Å²) >= 11 is 6.59. The van der Waals surface area contributed by atoms with Crippen LogP contribution < -0.4 is 9.64 Å². The Morgan fingerprint density at radius 3 is 2.67 bits per heavy atom. The first-order valence-corrected chi connectivity index (χ1v) is 9.30. The molecule has 2 aromatic carbocycles. The quantitative estimate of drug-likeness (QED) is 0.526. The van der Waals surface area contributed by atoms with E-state index in [9.17, 15) is 9.90 Å². The number of para-hydroxylation sites is 1. The molecule has 5 nitrogen and oxygen atoms in total. The summed E-state index contributed by atoms with van der Waals surface area (Å²) in [6.07, 6.45) is 1.73. The fourth-order valence-electron chi connectivity index (χ4n) is 2.81. The zero-order valence-corrected chi connectivity index (χ0v) is 15.9. The number of pyridine rings is 1. The van der Waals surface area contributed by atoms with Crippen LogP contribution in [0.25, 0.3) is 17.0 Å². The third-order valence-electron chi connectivity index (χ3n) is 4.11. The van der Waals surface area contributed by atoms with E-state index in [1.807, 2.05) is 30.3 Å². The highest BCUT2D eigenvalue weighted by atomic mass is 32.2. The number of hydrogen-bond acceptors (Lipinski definition) is 6. The lowest BCUT2D eigenvalue weighted by Crippen LogP contribution is -2.27. The number of anilines is 1. The first-order chi connectivity index (χ1) is 13.1. The number of thioether (sulfide) groups is 1. The standard InChI is InChI=1S/C20H14N2O3S2/c1-25-16-4-2-3-12-5-6-13(21-18(12)16)11-17-19(24)22(20(26)27-17)14-7-9-15(23)10-8-14/h2-11,23H,1H3/b17-11+. The molecule has 0 radical (unpaired) electrons. The van der Waals surface area contributed by atoms with Crippen molar-refractivity contribution >= 4 is 56.9 Å². The molecule has 0 spiro atoms. The Balaban J connectivity index is 1.70. The molecule has 0 bridgehead atoms. The molecule has 3 aromatic rings. The van der Waals surface area contributed by atoms with Gasteiger partial charge in [-0.3, -0.25) is 9.69 Å². The minimum absolute atomic E-state index is 0.133. The first-order valence-electron chi connectivity index (χ1n) is 8.07. The number of methoxy groups -OCH3 is 1. The van der Waals surface area contributed by atoms with E-state index in [4.69, 9.17) is 17.0 Å². The Kier molecular flexibility index (Phi) is 4.55. The SMILES string of the molecule is COc1cccc2ccc(/C=C3/SC(=S)N(c4ccc(O)cc4)C3=O)nc12. The normalized spacial score (nSPS) is 15.7. The van der Waals surface area contributed by atoms with E-state index in [2.05, 4.69) is 4.98 Å². The molecular formula is C20H14N2O3S2. The molecule has 134 valence electrons. The number of hydrogen-bond donors (Lipinski definition) is 1. The molecule has 1 amide bonds. The molecule has 0 saturated carbocycles. The molecule has 1 N–H and O–H groups in total. The van der Waals surface area contributed by atoms with Crippen LogP contribution in [0.3, 0.4) is 0 Å². The zero-order chi connectivity index (χ0) is 19.0. The van der Waals surface area contributed by atoms with Gasteiger partial charge in [-0.1, -0.05) is 42.2 Å². The molecule has 7 heteroatoms. The molecule has 1 aromatic heterocycles. The molecule has 0 aliphatic carbocycles. The third kappa shape index (κ3) is 3.27. The highest BCUT2D eigenvalue weighted by molar-refractivity contribution is 8.27. The summed E-state index contributed by atoms with van der Waals surface area (Å²) in [6.45, 7) is 0. The predicted molar refractivity (Wildman–Crippen MR) is 112 cm³/mol. The number of rotatable bonds is 3. The monoisotopic (exact) mass is 394 g/mol. The Labute approximate surface area is 165 Å². The van der Waals surface area contributed by atoms with Crippen LogP contribution in [-0.4, -0.2) is 27.4 Å². The predicted octanol–water partition coefficient (Wildman–Crippen LogP) is 4.35. The second-order valence-corrected chi connectivity index (χ2v) is 7.48. The number of carbonyl (C=O) groups excluding carboxylic acids is 1. The fraction of sp³-hybridized carbons (Fsp3) is 0.0500. The van der Waals surface area contributed by atoms with Crippen LogP contribution in [-0.2, 0) is 4.79 Å². The summed E-state index contributed by atoms with van der Waals surface area (Å²) in [5.41, 5.74) is 2.01. The van der Waals surface area contributed by atoms with Gasteiger partial charge < -0.3 is 9.84 Å². The smallest absolute Gasteiger partial charge is 0.270 e. The van der Waals surface area contributed by atoms with Crippen molar-refractivity contribution in [3.8, 4) is 11.5 Å². The molecular weight excluding hydrogens is 380 g/mol. The van der Waals surface area contributed by atoms with Crippen LogP contribution in [0.1, 0.15) is 5.69 Å². The maximum atomic E-state index is 12.8. The van der Waals surface area contributed by atoms with Crippen molar-refractivity contribution in [3.05, 3.63) is 65.2 Å². The van der Waals surface area contributed by atoms with Crippen molar-refractivity contribution in [3.63, 3.8) is 0 Å². The number of aromatic hydroxyl groups is 1. The summed E-state index contributed by atoms with van der Waals surface area (Å²) in [4.78, 5) is 19.4. The van der Waals surface area contributed by atoms with Gasteiger partial charge in [0.25, 0.3) is 5.91 Å². The van der Waals surface area contributed by atoms with Gasteiger partial charge in [-0.15, -0.1) is 0 Å². The van der Waals surface area contributed by atoms with Gasteiger partial charge in [0.15, 0.2) is 4.32 Å². The third-order valence-corrected chi connectivity index (χ3v) is 5.41. The summed E-state index contributed by atoms with van der Waals surface area (Å²) in [6, 6.07) is 15.9. The second-order valence-electron chi connectivity index (χ2n) is 5.80. The van der Waals surface area contributed by atoms with Crippen molar-refractivity contribution in [2.45, 2.75) is 0 Å². The molecule has 27 heavy (non-hydrogen) atoms. The lowest BCUT2D eigenvalue weighted by atomic mass is 10.2. The van der Waals surface area contributed by atoms with Crippen molar-refractivity contribution < 1.29 is 14.6 Å². The van der Waals surface area contributed by atoms with Crippen LogP contribution in [0.15, 0.2) is 59.5 Å². The van der Waals surface area contributed by atoms with Gasteiger partial charge in [-0.05, 0) is 42.5 Å². The number of phenolic OH excluding ortho intramolecular Hbond substituents is 1. The largest absolute Gasteiger partial charge is 0.508 e. The Bertz CT molecular complexity index is 1090. The highest BCUT2D eigenvalue weighted by Gasteiger charge is 2.33. The minimum Gasteiger partial charge on any atom is -0.508 e. The number of ether oxygens (including phenoxy) is 1. The lowest BCUT2D eigenvalue weighted by Gasteiger charge is -2.14. The van der Waals surface area contributed by atoms with Crippen LogP contribution in [0.2, 0.25) is 0 Å². The number of amides is 1. The molecule has 1 fully saturated rings. The number of nitrogens with zero attached hydrogens (tertiary/aromatic N) is 2. The van der Waals surface area contributed by atoms with E-state index in [1.54, 1.807) is 25.3 Å². The Morgan fingerprint density at radius 2 is 1.93 bits per heavy atom. The fourth-order valence-corrected chi connectivity index (χ4v) is 4.09. The minimum atomic E-state index is -0.211. The average molecular weight is 394 g/mol. The molecule has 4 rings (SSSR count).